The summed E-state index contributed by atoms with van der Waals surface area (Å²) < 4.78 is 0. The third kappa shape index (κ3) is 2.28. The van der Waals surface area contributed by atoms with Crippen LogP contribution in [0.3, 0.4) is 0 Å². The molecule has 0 radical (unpaired) electrons. The Bertz CT molecular complexity index is 1210. The van der Waals surface area contributed by atoms with E-state index in [1.54, 1.807) is 0 Å². The van der Waals surface area contributed by atoms with Crippen LogP contribution in [0.1, 0.15) is 69.8 Å². The predicted molar refractivity (Wildman–Crippen MR) is 124 cm³/mol. The molecule has 0 heteroatoms. The Morgan fingerprint density at radius 1 is 0.533 bits per heavy atom. The maximum atomic E-state index is 2.47. The minimum absolute atomic E-state index is 0.231. The quantitative estimate of drug-likeness (QED) is 0.285. The van der Waals surface area contributed by atoms with E-state index in [-0.39, 0.29) is 5.41 Å². The van der Waals surface area contributed by atoms with Gasteiger partial charge in [0.25, 0.3) is 0 Å². The van der Waals surface area contributed by atoms with Crippen LogP contribution < -0.4 is 0 Å². The van der Waals surface area contributed by atoms with Gasteiger partial charge < -0.3 is 0 Å². The summed E-state index contributed by atoms with van der Waals surface area (Å²) in [5.74, 6) is 0.536. The van der Waals surface area contributed by atoms with Gasteiger partial charge in [0.05, 0.1) is 5.41 Å². The van der Waals surface area contributed by atoms with Crippen molar-refractivity contribution >= 4 is 0 Å². The summed E-state index contributed by atoms with van der Waals surface area (Å²) in [4.78, 5) is 0. The lowest BCUT2D eigenvalue weighted by Crippen LogP contribution is -2.40. The highest BCUT2D eigenvalue weighted by atomic mass is 14.5. The molecule has 0 heterocycles. The van der Waals surface area contributed by atoms with Crippen LogP contribution in [0, 0.1) is 0 Å². The molecule has 0 aliphatic heterocycles. The van der Waals surface area contributed by atoms with Gasteiger partial charge in [-0.1, -0.05) is 105 Å². The van der Waals surface area contributed by atoms with Gasteiger partial charge in [-0.05, 0) is 68.8 Å². The molecule has 0 saturated heterocycles. The number of benzene rings is 4. The number of hydrogen-bond donors (Lipinski definition) is 0. The Morgan fingerprint density at radius 2 is 0.967 bits per heavy atom. The summed E-state index contributed by atoms with van der Waals surface area (Å²) in [6, 6.07) is 34.6. The van der Waals surface area contributed by atoms with Crippen molar-refractivity contribution in [2.75, 3.05) is 0 Å². The summed E-state index contributed by atoms with van der Waals surface area (Å²) in [5, 5.41) is 0. The van der Waals surface area contributed by atoms with Gasteiger partial charge in [-0.2, -0.15) is 0 Å². The van der Waals surface area contributed by atoms with Crippen LogP contribution in [-0.4, -0.2) is 0 Å². The third-order valence-corrected chi connectivity index (χ3v) is 7.23. The fourth-order valence-electron chi connectivity index (χ4n) is 5.89. The molecule has 0 amide bonds. The summed E-state index contributed by atoms with van der Waals surface area (Å²) >= 11 is 0. The summed E-state index contributed by atoms with van der Waals surface area (Å²) in [6.45, 7) is 4.58. The molecule has 30 heavy (non-hydrogen) atoms. The monoisotopic (exact) mass is 386 g/mol. The van der Waals surface area contributed by atoms with Gasteiger partial charge in [0.15, 0.2) is 0 Å². The second-order valence-electron chi connectivity index (χ2n) is 9.15. The normalized spacial score (nSPS) is 15.3. The number of hydrogen-bond acceptors (Lipinski definition) is 0. The summed E-state index contributed by atoms with van der Waals surface area (Å²) in [6.07, 6.45) is 2.02. The average molecular weight is 387 g/mol. The topological polar surface area (TPSA) is 0 Å². The van der Waals surface area contributed by atoms with E-state index < -0.39 is 0 Å². The van der Waals surface area contributed by atoms with E-state index in [2.05, 4.69) is 105 Å². The second kappa shape index (κ2) is 6.44. The smallest absolute Gasteiger partial charge is 0.0620 e. The van der Waals surface area contributed by atoms with Crippen LogP contribution in [0.25, 0.3) is 0 Å². The van der Waals surface area contributed by atoms with E-state index >= 15 is 0 Å². The molecule has 0 fully saturated rings. The highest BCUT2D eigenvalue weighted by molar-refractivity contribution is 5.71. The van der Waals surface area contributed by atoms with Crippen LogP contribution in [-0.2, 0) is 18.3 Å². The lowest BCUT2D eigenvalue weighted by Gasteiger charge is -2.46. The van der Waals surface area contributed by atoms with E-state index in [0.29, 0.717) is 5.92 Å². The van der Waals surface area contributed by atoms with Gasteiger partial charge in [0.1, 0.15) is 0 Å². The molecule has 0 aromatic heterocycles. The lowest BCUT2D eigenvalue weighted by molar-refractivity contribution is 0.668. The van der Waals surface area contributed by atoms with E-state index in [9.17, 15) is 0 Å². The van der Waals surface area contributed by atoms with Crippen molar-refractivity contribution in [2.24, 2.45) is 0 Å². The molecule has 0 atom stereocenters. The minimum atomic E-state index is -0.231. The molecule has 146 valence electrons. The zero-order valence-electron chi connectivity index (χ0n) is 17.7. The molecule has 4 aromatic rings. The first-order valence-corrected chi connectivity index (χ1v) is 11.1. The lowest BCUT2D eigenvalue weighted by atomic mass is 9.55. The fraction of sp³-hybridized carbons (Fsp3) is 0.200. The van der Waals surface area contributed by atoms with Gasteiger partial charge in [-0.3, -0.25) is 0 Å². The van der Waals surface area contributed by atoms with E-state index in [0.717, 1.165) is 12.8 Å². The average Bonchev–Trinajstić information content (AvgIpc) is 2.78. The highest BCUT2D eigenvalue weighted by Crippen LogP contribution is 2.55. The summed E-state index contributed by atoms with van der Waals surface area (Å²) in [5.41, 5.74) is 12.9. The van der Waals surface area contributed by atoms with Crippen LogP contribution in [0.4, 0.5) is 0 Å². The van der Waals surface area contributed by atoms with Gasteiger partial charge in [-0.25, -0.2) is 0 Å². The maximum absolute atomic E-state index is 2.47. The maximum Gasteiger partial charge on any atom is 0.0712 e. The first-order chi connectivity index (χ1) is 14.7. The Kier molecular flexibility index (Phi) is 3.80. The molecular formula is C30H26. The first-order valence-electron chi connectivity index (χ1n) is 11.1. The molecule has 4 aromatic carbocycles. The van der Waals surface area contributed by atoms with Crippen molar-refractivity contribution in [1.29, 1.82) is 0 Å². The van der Waals surface area contributed by atoms with E-state index in [1.807, 2.05) is 0 Å². The molecular weight excluding hydrogens is 360 g/mol. The molecule has 0 nitrogen and oxygen atoms in total. The predicted octanol–water partition coefficient (Wildman–Crippen LogP) is 7.00. The van der Waals surface area contributed by atoms with Crippen molar-refractivity contribution in [3.63, 3.8) is 0 Å². The SMILES string of the molecule is CC(C)c1ccc2c(c1)Cc1ccccc1C21c2ccccc2Cc2ccccc21. The number of rotatable bonds is 1. The Morgan fingerprint density at radius 3 is 1.47 bits per heavy atom. The van der Waals surface area contributed by atoms with Gasteiger partial charge in [0.2, 0.25) is 0 Å². The standard InChI is InChI=1S/C30H26/c1-20(2)21-15-16-29-25(17-21)19-24-11-5-8-14-28(24)30(29)26-12-6-3-9-22(26)18-23-10-4-7-13-27(23)30/h3-17,20H,18-19H2,1-2H3. The van der Waals surface area contributed by atoms with Gasteiger partial charge >= 0.3 is 0 Å². The van der Waals surface area contributed by atoms with Crippen molar-refractivity contribution in [3.05, 3.63) is 141 Å². The van der Waals surface area contributed by atoms with Crippen LogP contribution in [0.2, 0.25) is 0 Å². The second-order valence-corrected chi connectivity index (χ2v) is 9.15. The zero-order valence-corrected chi connectivity index (χ0v) is 17.7. The minimum Gasteiger partial charge on any atom is -0.0620 e. The summed E-state index contributed by atoms with van der Waals surface area (Å²) in [7, 11) is 0. The van der Waals surface area contributed by atoms with Crippen molar-refractivity contribution < 1.29 is 0 Å². The van der Waals surface area contributed by atoms with Crippen molar-refractivity contribution in [2.45, 2.75) is 38.0 Å². The Hall–Kier alpha value is -3.12. The molecule has 2 aliphatic rings. The molecule has 0 unspecified atom stereocenters. The van der Waals surface area contributed by atoms with Crippen LogP contribution in [0.15, 0.2) is 91.0 Å². The highest BCUT2D eigenvalue weighted by Gasteiger charge is 2.47. The first kappa shape index (κ1) is 17.7. The van der Waals surface area contributed by atoms with Crippen LogP contribution in [0.5, 0.6) is 0 Å². The molecule has 0 saturated carbocycles. The largest absolute Gasteiger partial charge is 0.0712 e. The van der Waals surface area contributed by atoms with Crippen molar-refractivity contribution in [3.8, 4) is 0 Å². The van der Waals surface area contributed by atoms with Gasteiger partial charge in [-0.15, -0.1) is 0 Å². The fourth-order valence-corrected chi connectivity index (χ4v) is 5.89. The van der Waals surface area contributed by atoms with Gasteiger partial charge in [0, 0.05) is 0 Å². The molecule has 2 aliphatic carbocycles. The molecule has 0 bridgehead atoms. The van der Waals surface area contributed by atoms with Crippen LogP contribution >= 0.6 is 0 Å². The Labute approximate surface area is 179 Å². The van der Waals surface area contributed by atoms with Crippen molar-refractivity contribution in [1.82, 2.24) is 0 Å². The molecule has 0 N–H and O–H groups in total. The van der Waals surface area contributed by atoms with E-state index in [4.69, 9.17) is 0 Å². The van der Waals surface area contributed by atoms with E-state index in [1.165, 1.54) is 50.1 Å². The zero-order chi connectivity index (χ0) is 20.3. The third-order valence-electron chi connectivity index (χ3n) is 7.23. The molecule has 1 spiro atoms. The number of fused-ring (bicyclic) bond motifs is 8. The Balaban J connectivity index is 1.79. The molecule has 6 rings (SSSR count).